The molecule has 0 radical (unpaired) electrons. The molecule has 3 rings (SSSR count). The van der Waals surface area contributed by atoms with Crippen LogP contribution in [-0.4, -0.2) is 17.8 Å². The van der Waals surface area contributed by atoms with Crippen molar-refractivity contribution < 1.29 is 9.84 Å². The van der Waals surface area contributed by atoms with Crippen LogP contribution in [0.1, 0.15) is 24.5 Å². The van der Waals surface area contributed by atoms with Crippen molar-refractivity contribution in [2.45, 2.75) is 25.0 Å². The fourth-order valence-corrected chi connectivity index (χ4v) is 2.57. The van der Waals surface area contributed by atoms with Gasteiger partial charge in [0.15, 0.2) is 0 Å². The molecule has 2 aromatic rings. The van der Waals surface area contributed by atoms with Gasteiger partial charge < -0.3 is 9.84 Å². The van der Waals surface area contributed by atoms with Crippen molar-refractivity contribution in [3.63, 3.8) is 0 Å². The molecule has 1 fully saturated rings. The van der Waals surface area contributed by atoms with Gasteiger partial charge in [0.25, 0.3) is 0 Å². The average Bonchev–Trinajstić information content (AvgIpc) is 3.02. The quantitative estimate of drug-likeness (QED) is 0.907. The second-order valence-corrected chi connectivity index (χ2v) is 4.98. The molecule has 0 saturated carbocycles. The molecule has 1 heterocycles. The predicted octanol–water partition coefficient (Wildman–Crippen LogP) is 3.57. The summed E-state index contributed by atoms with van der Waals surface area (Å²) < 4.78 is 5.53. The zero-order valence-corrected chi connectivity index (χ0v) is 10.8. The molecule has 1 aliphatic heterocycles. The van der Waals surface area contributed by atoms with E-state index in [1.807, 2.05) is 30.3 Å². The normalized spacial score (nSPS) is 20.4. The van der Waals surface area contributed by atoms with Gasteiger partial charge in [0, 0.05) is 6.61 Å². The highest BCUT2D eigenvalue weighted by atomic mass is 16.5. The molecule has 0 spiro atoms. The van der Waals surface area contributed by atoms with Crippen LogP contribution >= 0.6 is 0 Å². The smallest absolute Gasteiger partial charge is 0.105 e. The number of hydrogen-bond donors (Lipinski definition) is 1. The summed E-state index contributed by atoms with van der Waals surface area (Å²) >= 11 is 0. The molecule has 19 heavy (non-hydrogen) atoms. The van der Waals surface area contributed by atoms with Crippen molar-refractivity contribution in [1.29, 1.82) is 0 Å². The summed E-state index contributed by atoms with van der Waals surface area (Å²) in [6.07, 6.45) is 1.45. The maximum atomic E-state index is 10.3. The zero-order chi connectivity index (χ0) is 13.1. The van der Waals surface area contributed by atoms with Crippen LogP contribution in [-0.2, 0) is 4.74 Å². The molecule has 0 aliphatic carbocycles. The molecule has 2 atom stereocenters. The Morgan fingerprint density at radius 3 is 2.26 bits per heavy atom. The number of aliphatic hydroxyl groups excluding tert-OH is 1. The van der Waals surface area contributed by atoms with Gasteiger partial charge in [0.05, 0.1) is 6.10 Å². The van der Waals surface area contributed by atoms with Gasteiger partial charge in [-0.3, -0.25) is 0 Å². The molecule has 2 nitrogen and oxygen atoms in total. The van der Waals surface area contributed by atoms with Crippen LogP contribution in [0, 0.1) is 0 Å². The van der Waals surface area contributed by atoms with Gasteiger partial charge in [-0.25, -0.2) is 0 Å². The van der Waals surface area contributed by atoms with Gasteiger partial charge in [0.2, 0.25) is 0 Å². The Hall–Kier alpha value is -1.64. The van der Waals surface area contributed by atoms with E-state index in [-0.39, 0.29) is 6.10 Å². The summed E-state index contributed by atoms with van der Waals surface area (Å²) in [5.41, 5.74) is 3.30. The van der Waals surface area contributed by atoms with Crippen molar-refractivity contribution in [3.8, 4) is 11.1 Å². The minimum atomic E-state index is -0.507. The molecule has 2 heteroatoms. The van der Waals surface area contributed by atoms with Gasteiger partial charge in [-0.2, -0.15) is 0 Å². The van der Waals surface area contributed by atoms with Crippen LogP contribution in [0.15, 0.2) is 54.6 Å². The Kier molecular flexibility index (Phi) is 3.62. The highest BCUT2D eigenvalue weighted by molar-refractivity contribution is 5.63. The number of ether oxygens (including phenoxy) is 1. The minimum Gasteiger partial charge on any atom is -0.386 e. The predicted molar refractivity (Wildman–Crippen MR) is 75.8 cm³/mol. The van der Waals surface area contributed by atoms with Crippen molar-refractivity contribution in [2.24, 2.45) is 0 Å². The molecule has 0 aromatic heterocycles. The fourth-order valence-electron chi connectivity index (χ4n) is 2.57. The fraction of sp³-hybridized carbons (Fsp3) is 0.294. The SMILES string of the molecule is OC(c1ccc(-c2ccccc2)cc1)C1CCCO1. The molecule has 98 valence electrons. The van der Waals surface area contributed by atoms with E-state index in [0.29, 0.717) is 0 Å². The average molecular weight is 254 g/mol. The lowest BCUT2D eigenvalue weighted by atomic mass is 9.98. The zero-order valence-electron chi connectivity index (χ0n) is 10.8. The van der Waals surface area contributed by atoms with Crippen LogP contribution in [0.5, 0.6) is 0 Å². The highest BCUT2D eigenvalue weighted by Gasteiger charge is 2.25. The van der Waals surface area contributed by atoms with E-state index < -0.39 is 6.10 Å². The highest BCUT2D eigenvalue weighted by Crippen LogP contribution is 2.28. The van der Waals surface area contributed by atoms with Gasteiger partial charge in [-0.05, 0) is 29.5 Å². The first-order valence-electron chi connectivity index (χ1n) is 6.79. The molecule has 2 unspecified atom stereocenters. The molecule has 0 amide bonds. The summed E-state index contributed by atoms with van der Waals surface area (Å²) in [6.45, 7) is 0.768. The molecule has 0 bridgehead atoms. The van der Waals surface area contributed by atoms with Crippen LogP contribution in [0.4, 0.5) is 0 Å². The lowest BCUT2D eigenvalue weighted by Crippen LogP contribution is -2.16. The lowest BCUT2D eigenvalue weighted by Gasteiger charge is -2.18. The Bertz CT molecular complexity index is 513. The summed E-state index contributed by atoms with van der Waals surface area (Å²) in [4.78, 5) is 0. The van der Waals surface area contributed by atoms with Gasteiger partial charge in [0.1, 0.15) is 6.10 Å². The van der Waals surface area contributed by atoms with Gasteiger partial charge >= 0.3 is 0 Å². The number of rotatable bonds is 3. The summed E-state index contributed by atoms with van der Waals surface area (Å²) in [5.74, 6) is 0. The van der Waals surface area contributed by atoms with Crippen LogP contribution in [0.3, 0.4) is 0 Å². The van der Waals surface area contributed by atoms with Crippen molar-refractivity contribution >= 4 is 0 Å². The number of benzene rings is 2. The summed E-state index contributed by atoms with van der Waals surface area (Å²) in [5, 5.41) is 10.3. The van der Waals surface area contributed by atoms with Crippen LogP contribution < -0.4 is 0 Å². The maximum Gasteiger partial charge on any atom is 0.105 e. The lowest BCUT2D eigenvalue weighted by molar-refractivity contribution is -0.00257. The second-order valence-electron chi connectivity index (χ2n) is 4.98. The number of hydrogen-bond acceptors (Lipinski definition) is 2. The van der Waals surface area contributed by atoms with Crippen molar-refractivity contribution in [1.82, 2.24) is 0 Å². The Morgan fingerprint density at radius 2 is 1.63 bits per heavy atom. The third-order valence-corrected chi connectivity index (χ3v) is 3.68. The maximum absolute atomic E-state index is 10.3. The van der Waals surface area contributed by atoms with Crippen LogP contribution in [0.25, 0.3) is 11.1 Å². The number of aliphatic hydroxyl groups is 1. The minimum absolute atomic E-state index is 0.0393. The molecule has 2 aromatic carbocycles. The standard InChI is InChI=1S/C17H18O2/c18-17(16-7-4-12-19-16)15-10-8-14(9-11-15)13-5-2-1-3-6-13/h1-3,5-6,8-11,16-18H,4,7,12H2. The monoisotopic (exact) mass is 254 g/mol. The van der Waals surface area contributed by atoms with Crippen molar-refractivity contribution in [2.75, 3.05) is 6.61 Å². The van der Waals surface area contributed by atoms with E-state index >= 15 is 0 Å². The van der Waals surface area contributed by atoms with E-state index in [0.717, 1.165) is 25.0 Å². The first kappa shape index (κ1) is 12.4. The van der Waals surface area contributed by atoms with E-state index in [4.69, 9.17) is 4.74 Å². The Balaban J connectivity index is 1.79. The molecule has 1 saturated heterocycles. The largest absolute Gasteiger partial charge is 0.386 e. The summed E-state index contributed by atoms with van der Waals surface area (Å²) in [7, 11) is 0. The topological polar surface area (TPSA) is 29.5 Å². The third kappa shape index (κ3) is 2.70. The van der Waals surface area contributed by atoms with E-state index in [1.54, 1.807) is 0 Å². The Morgan fingerprint density at radius 1 is 0.947 bits per heavy atom. The van der Waals surface area contributed by atoms with E-state index in [9.17, 15) is 5.11 Å². The third-order valence-electron chi connectivity index (χ3n) is 3.68. The molecule has 1 aliphatic rings. The van der Waals surface area contributed by atoms with E-state index in [1.165, 1.54) is 11.1 Å². The van der Waals surface area contributed by atoms with E-state index in [2.05, 4.69) is 24.3 Å². The van der Waals surface area contributed by atoms with Gasteiger partial charge in [-0.15, -0.1) is 0 Å². The molecular formula is C17H18O2. The van der Waals surface area contributed by atoms with Crippen LogP contribution in [0.2, 0.25) is 0 Å². The molecular weight excluding hydrogens is 236 g/mol. The molecule has 1 N–H and O–H groups in total. The second kappa shape index (κ2) is 5.55. The Labute approximate surface area is 113 Å². The first-order valence-corrected chi connectivity index (χ1v) is 6.79. The summed E-state index contributed by atoms with van der Waals surface area (Å²) in [6, 6.07) is 18.4. The van der Waals surface area contributed by atoms with Crippen molar-refractivity contribution in [3.05, 3.63) is 60.2 Å². The first-order chi connectivity index (χ1) is 9.34. The van der Waals surface area contributed by atoms with Gasteiger partial charge in [-0.1, -0.05) is 54.6 Å².